The Bertz CT molecular complexity index is 631. The molecule has 1 aromatic rings. The van der Waals surface area contributed by atoms with Crippen molar-refractivity contribution in [2.75, 3.05) is 19.6 Å². The zero-order chi connectivity index (χ0) is 18.1. The standard InChI is InChI=1S/C19H24F3NO2/c20-19(21,22)15-7-3-6-14(11-15)5-1-2-10-23-12-16-8-4-9-18(16,13-23)17(24)25/h3,6-7,11,16H,1-2,4-5,8-10,12-13H2,(H,24,25)/t16-,18+/m0/s1. The first-order valence-electron chi connectivity index (χ1n) is 8.93. The van der Waals surface area contributed by atoms with E-state index in [1.807, 2.05) is 0 Å². The number of carbonyl (C=O) groups is 1. The maximum Gasteiger partial charge on any atom is 0.416 e. The Hall–Kier alpha value is -1.56. The fourth-order valence-corrected chi connectivity index (χ4v) is 4.48. The number of aryl methyl sites for hydroxylation is 1. The van der Waals surface area contributed by atoms with Crippen LogP contribution < -0.4 is 0 Å². The average Bonchev–Trinajstić information content (AvgIpc) is 3.09. The average molecular weight is 355 g/mol. The molecule has 2 aliphatic rings. The molecule has 1 saturated heterocycles. The Morgan fingerprint density at radius 2 is 2.12 bits per heavy atom. The molecule has 0 spiro atoms. The number of fused-ring (bicyclic) bond motifs is 1. The maximum atomic E-state index is 12.7. The fraction of sp³-hybridized carbons (Fsp3) is 0.632. The number of carboxylic acids is 1. The monoisotopic (exact) mass is 355 g/mol. The van der Waals surface area contributed by atoms with Gasteiger partial charge < -0.3 is 10.0 Å². The van der Waals surface area contributed by atoms with Gasteiger partial charge in [-0.1, -0.05) is 24.6 Å². The predicted molar refractivity (Wildman–Crippen MR) is 88.2 cm³/mol. The van der Waals surface area contributed by atoms with Gasteiger partial charge in [0.25, 0.3) is 0 Å². The van der Waals surface area contributed by atoms with Gasteiger partial charge in [0.05, 0.1) is 11.0 Å². The molecule has 2 fully saturated rings. The molecular formula is C19H24F3NO2. The van der Waals surface area contributed by atoms with Crippen LogP contribution in [0.2, 0.25) is 0 Å². The van der Waals surface area contributed by atoms with Crippen LogP contribution in [0.1, 0.15) is 43.2 Å². The van der Waals surface area contributed by atoms with Gasteiger partial charge >= 0.3 is 12.1 Å². The van der Waals surface area contributed by atoms with Crippen LogP contribution in [0.3, 0.4) is 0 Å². The van der Waals surface area contributed by atoms with Crippen LogP contribution in [0, 0.1) is 11.3 Å². The van der Waals surface area contributed by atoms with Crippen LogP contribution >= 0.6 is 0 Å². The van der Waals surface area contributed by atoms with Gasteiger partial charge in [-0.2, -0.15) is 13.2 Å². The van der Waals surface area contributed by atoms with E-state index < -0.39 is 23.1 Å². The zero-order valence-electron chi connectivity index (χ0n) is 14.2. The number of nitrogens with zero attached hydrogens (tertiary/aromatic N) is 1. The highest BCUT2D eigenvalue weighted by Crippen LogP contribution is 2.48. The van der Waals surface area contributed by atoms with Crippen molar-refractivity contribution in [2.24, 2.45) is 11.3 Å². The molecule has 6 heteroatoms. The first-order valence-corrected chi connectivity index (χ1v) is 8.93. The summed E-state index contributed by atoms with van der Waals surface area (Å²) < 4.78 is 38.2. The SMILES string of the molecule is O=C(O)[C@@]12CCC[C@H]1CN(CCCCc1cccc(C(F)(F)F)c1)C2. The van der Waals surface area contributed by atoms with E-state index in [-0.39, 0.29) is 5.92 Å². The zero-order valence-corrected chi connectivity index (χ0v) is 14.2. The number of alkyl halides is 3. The van der Waals surface area contributed by atoms with Crippen molar-refractivity contribution in [1.82, 2.24) is 4.90 Å². The first kappa shape index (κ1) is 18.2. The second-order valence-electron chi connectivity index (χ2n) is 7.44. The highest BCUT2D eigenvalue weighted by molar-refractivity contribution is 5.76. The second-order valence-corrected chi connectivity index (χ2v) is 7.44. The topological polar surface area (TPSA) is 40.5 Å². The molecule has 1 saturated carbocycles. The molecule has 25 heavy (non-hydrogen) atoms. The maximum absolute atomic E-state index is 12.7. The van der Waals surface area contributed by atoms with Crippen molar-refractivity contribution in [3.8, 4) is 0 Å². The van der Waals surface area contributed by atoms with E-state index >= 15 is 0 Å². The molecule has 138 valence electrons. The third-order valence-electron chi connectivity index (χ3n) is 5.81. The van der Waals surface area contributed by atoms with Gasteiger partial charge in [-0.15, -0.1) is 0 Å². The first-order chi connectivity index (χ1) is 11.8. The Morgan fingerprint density at radius 1 is 1.32 bits per heavy atom. The summed E-state index contributed by atoms with van der Waals surface area (Å²) in [5.41, 5.74) is -0.447. The molecule has 1 aromatic carbocycles. The number of likely N-dealkylation sites (tertiary alicyclic amines) is 1. The lowest BCUT2D eigenvalue weighted by Gasteiger charge is -2.23. The molecule has 1 N–H and O–H groups in total. The molecule has 1 heterocycles. The number of benzene rings is 1. The summed E-state index contributed by atoms with van der Waals surface area (Å²) in [6.45, 7) is 2.29. The van der Waals surface area contributed by atoms with Crippen molar-refractivity contribution < 1.29 is 23.1 Å². The highest BCUT2D eigenvalue weighted by atomic mass is 19.4. The van der Waals surface area contributed by atoms with Crippen LogP contribution in [-0.2, 0) is 17.4 Å². The summed E-state index contributed by atoms with van der Waals surface area (Å²) in [7, 11) is 0. The normalized spacial score (nSPS) is 26.8. The molecule has 0 bridgehead atoms. The molecule has 2 atom stereocenters. The Morgan fingerprint density at radius 3 is 2.80 bits per heavy atom. The Labute approximate surface area is 145 Å². The highest BCUT2D eigenvalue weighted by Gasteiger charge is 2.54. The predicted octanol–water partition coefficient (Wildman–Crippen LogP) is 4.21. The molecule has 1 aliphatic carbocycles. The Kier molecular flexibility index (Phi) is 5.09. The molecule has 0 radical (unpaired) electrons. The molecule has 3 nitrogen and oxygen atoms in total. The van der Waals surface area contributed by atoms with E-state index in [0.29, 0.717) is 18.5 Å². The van der Waals surface area contributed by atoms with Crippen molar-refractivity contribution in [2.45, 2.75) is 44.7 Å². The summed E-state index contributed by atoms with van der Waals surface area (Å²) in [5.74, 6) is -0.407. The van der Waals surface area contributed by atoms with Gasteiger partial charge in [0.2, 0.25) is 0 Å². The van der Waals surface area contributed by atoms with Gasteiger partial charge in [-0.25, -0.2) is 0 Å². The van der Waals surface area contributed by atoms with Gasteiger partial charge in [-0.05, 0) is 56.2 Å². The molecule has 0 unspecified atom stereocenters. The lowest BCUT2D eigenvalue weighted by molar-refractivity contribution is -0.149. The minimum atomic E-state index is -4.30. The van der Waals surface area contributed by atoms with E-state index in [2.05, 4.69) is 4.90 Å². The minimum absolute atomic E-state index is 0.258. The third-order valence-corrected chi connectivity index (χ3v) is 5.81. The number of carboxylic acid groups (broad SMARTS) is 1. The number of rotatable bonds is 6. The van der Waals surface area contributed by atoms with Gasteiger partial charge in [0.1, 0.15) is 0 Å². The summed E-state index contributed by atoms with van der Waals surface area (Å²) in [4.78, 5) is 13.9. The fourth-order valence-electron chi connectivity index (χ4n) is 4.48. The van der Waals surface area contributed by atoms with Crippen molar-refractivity contribution >= 4 is 5.97 Å². The number of aliphatic carboxylic acids is 1. The quantitative estimate of drug-likeness (QED) is 0.777. The third kappa shape index (κ3) is 3.84. The van der Waals surface area contributed by atoms with E-state index in [1.165, 1.54) is 12.1 Å². The van der Waals surface area contributed by atoms with Crippen LogP contribution in [0.15, 0.2) is 24.3 Å². The minimum Gasteiger partial charge on any atom is -0.481 e. The summed E-state index contributed by atoms with van der Waals surface area (Å²) in [6.07, 6.45) is 0.766. The van der Waals surface area contributed by atoms with Crippen LogP contribution in [-0.4, -0.2) is 35.6 Å². The van der Waals surface area contributed by atoms with E-state index in [4.69, 9.17) is 0 Å². The van der Waals surface area contributed by atoms with Gasteiger partial charge in [0.15, 0.2) is 0 Å². The lowest BCUT2D eigenvalue weighted by atomic mass is 9.81. The number of hydrogen-bond donors (Lipinski definition) is 1. The number of hydrogen-bond acceptors (Lipinski definition) is 2. The molecule has 0 aromatic heterocycles. The molecular weight excluding hydrogens is 331 g/mol. The van der Waals surface area contributed by atoms with Crippen molar-refractivity contribution in [1.29, 1.82) is 0 Å². The Balaban J connectivity index is 1.46. The van der Waals surface area contributed by atoms with Crippen LogP contribution in [0.25, 0.3) is 0 Å². The van der Waals surface area contributed by atoms with Crippen molar-refractivity contribution in [3.05, 3.63) is 35.4 Å². The number of unbranched alkanes of at least 4 members (excludes halogenated alkanes) is 1. The van der Waals surface area contributed by atoms with Crippen molar-refractivity contribution in [3.63, 3.8) is 0 Å². The molecule has 3 rings (SSSR count). The summed E-state index contributed by atoms with van der Waals surface area (Å²) in [5, 5.41) is 9.59. The second kappa shape index (κ2) is 6.98. The van der Waals surface area contributed by atoms with Gasteiger partial charge in [-0.3, -0.25) is 4.79 Å². The molecule has 0 amide bonds. The van der Waals surface area contributed by atoms with Crippen LogP contribution in [0.5, 0.6) is 0 Å². The van der Waals surface area contributed by atoms with E-state index in [0.717, 1.165) is 51.3 Å². The smallest absolute Gasteiger partial charge is 0.416 e. The number of halogens is 3. The van der Waals surface area contributed by atoms with E-state index in [1.54, 1.807) is 6.07 Å². The van der Waals surface area contributed by atoms with Gasteiger partial charge in [0, 0.05) is 13.1 Å². The summed E-state index contributed by atoms with van der Waals surface area (Å²) in [6, 6.07) is 5.50. The largest absolute Gasteiger partial charge is 0.481 e. The lowest BCUT2D eigenvalue weighted by Crippen LogP contribution is -2.35. The van der Waals surface area contributed by atoms with E-state index in [9.17, 15) is 23.1 Å². The molecule has 1 aliphatic heterocycles. The summed E-state index contributed by atoms with van der Waals surface area (Å²) >= 11 is 0. The van der Waals surface area contributed by atoms with Crippen LogP contribution in [0.4, 0.5) is 13.2 Å².